The van der Waals surface area contributed by atoms with Gasteiger partial charge in [0.25, 0.3) is 0 Å². The van der Waals surface area contributed by atoms with Crippen LogP contribution in [0.15, 0.2) is 12.3 Å². The molecule has 3 rings (SSSR count). The molecule has 0 aromatic carbocycles. The van der Waals surface area contributed by atoms with E-state index in [2.05, 4.69) is 15.6 Å². The Labute approximate surface area is 94.5 Å². The topological polar surface area (TPSA) is 54.0 Å². The van der Waals surface area contributed by atoms with Gasteiger partial charge in [-0.15, -0.1) is 0 Å². The van der Waals surface area contributed by atoms with E-state index >= 15 is 0 Å². The fourth-order valence-corrected chi connectivity index (χ4v) is 2.44. The number of carbonyl (C=O) groups excluding carboxylic acids is 1. The molecule has 1 aliphatic heterocycles. The number of hydrogen-bond donors (Lipinski definition) is 2. The number of nitrogens with zero attached hydrogens (tertiary/aromatic N) is 1. The molecule has 2 N–H and O–H groups in total. The molecule has 4 heteroatoms. The first kappa shape index (κ1) is 9.63. The summed E-state index contributed by atoms with van der Waals surface area (Å²) in [6, 6.07) is 1.92. The maximum Gasteiger partial charge on any atom is 0.232 e. The second-order valence-electron chi connectivity index (χ2n) is 4.79. The highest BCUT2D eigenvalue weighted by Crippen LogP contribution is 2.44. The van der Waals surface area contributed by atoms with E-state index in [-0.39, 0.29) is 11.3 Å². The Balaban J connectivity index is 2.00. The molecule has 0 unspecified atom stereocenters. The molecule has 1 amide bonds. The second-order valence-corrected chi connectivity index (χ2v) is 4.79. The van der Waals surface area contributed by atoms with Crippen LogP contribution in [-0.2, 0) is 4.79 Å². The molecule has 1 saturated carbocycles. The Morgan fingerprint density at radius 1 is 1.44 bits per heavy atom. The summed E-state index contributed by atoms with van der Waals surface area (Å²) in [6.45, 7) is 2.70. The van der Waals surface area contributed by atoms with E-state index in [1.165, 1.54) is 0 Å². The Hall–Kier alpha value is -1.58. The summed E-state index contributed by atoms with van der Waals surface area (Å²) in [5.74, 6) is 0.957. The van der Waals surface area contributed by atoms with Crippen molar-refractivity contribution in [2.75, 3.05) is 17.2 Å². The Kier molecular flexibility index (Phi) is 1.93. The van der Waals surface area contributed by atoms with E-state index in [0.717, 1.165) is 36.3 Å². The van der Waals surface area contributed by atoms with Crippen LogP contribution >= 0.6 is 0 Å². The quantitative estimate of drug-likeness (QED) is 0.698. The van der Waals surface area contributed by atoms with Crippen molar-refractivity contribution in [2.45, 2.75) is 26.2 Å². The standard InChI is InChI=1S/C12H15N3O/c1-8-3-6-13-10-9(8)15-11(16)12(7-14-10)4-2-5-12/h3,6H,2,4-5,7H2,1H3,(H,13,14)(H,15,16). The number of hydrogen-bond acceptors (Lipinski definition) is 3. The number of carbonyl (C=O) groups is 1. The number of amides is 1. The highest BCUT2D eigenvalue weighted by atomic mass is 16.2. The van der Waals surface area contributed by atoms with E-state index in [1.807, 2.05) is 13.0 Å². The first-order valence-corrected chi connectivity index (χ1v) is 5.72. The smallest absolute Gasteiger partial charge is 0.232 e. The molecule has 1 spiro atoms. The molecule has 0 atom stereocenters. The monoisotopic (exact) mass is 217 g/mol. The molecule has 1 aromatic rings. The van der Waals surface area contributed by atoms with Crippen LogP contribution in [-0.4, -0.2) is 17.4 Å². The van der Waals surface area contributed by atoms with Crippen LogP contribution in [0, 0.1) is 12.3 Å². The lowest BCUT2D eigenvalue weighted by molar-refractivity contribution is -0.129. The molecule has 2 aliphatic rings. The number of anilines is 2. The van der Waals surface area contributed by atoms with Gasteiger partial charge in [-0.3, -0.25) is 4.79 Å². The maximum atomic E-state index is 12.2. The molecule has 16 heavy (non-hydrogen) atoms. The van der Waals surface area contributed by atoms with Gasteiger partial charge in [-0.1, -0.05) is 6.42 Å². The van der Waals surface area contributed by atoms with Crippen LogP contribution in [0.1, 0.15) is 24.8 Å². The highest BCUT2D eigenvalue weighted by molar-refractivity contribution is 6.00. The van der Waals surface area contributed by atoms with Gasteiger partial charge in [-0.2, -0.15) is 0 Å². The van der Waals surface area contributed by atoms with Gasteiger partial charge in [0.1, 0.15) is 5.82 Å². The average molecular weight is 217 g/mol. The molecule has 84 valence electrons. The number of nitrogens with one attached hydrogen (secondary N) is 2. The van der Waals surface area contributed by atoms with E-state index in [1.54, 1.807) is 6.20 Å². The van der Waals surface area contributed by atoms with Crippen molar-refractivity contribution >= 4 is 17.4 Å². The predicted molar refractivity (Wildman–Crippen MR) is 62.4 cm³/mol. The number of aromatic nitrogens is 1. The first-order valence-electron chi connectivity index (χ1n) is 5.72. The van der Waals surface area contributed by atoms with E-state index in [9.17, 15) is 4.79 Å². The van der Waals surface area contributed by atoms with Crippen molar-refractivity contribution in [2.24, 2.45) is 5.41 Å². The highest BCUT2D eigenvalue weighted by Gasteiger charge is 2.45. The zero-order valence-electron chi connectivity index (χ0n) is 9.34. The van der Waals surface area contributed by atoms with E-state index < -0.39 is 0 Å². The zero-order valence-corrected chi connectivity index (χ0v) is 9.34. The number of rotatable bonds is 0. The first-order chi connectivity index (χ1) is 7.71. The molecular weight excluding hydrogens is 202 g/mol. The van der Waals surface area contributed by atoms with Crippen molar-refractivity contribution in [1.29, 1.82) is 0 Å². The second kappa shape index (κ2) is 3.20. The van der Waals surface area contributed by atoms with Crippen LogP contribution in [0.25, 0.3) is 0 Å². The van der Waals surface area contributed by atoms with Gasteiger partial charge in [0.15, 0.2) is 0 Å². The van der Waals surface area contributed by atoms with Crippen molar-refractivity contribution < 1.29 is 4.79 Å². The lowest BCUT2D eigenvalue weighted by Gasteiger charge is -2.38. The number of fused-ring (bicyclic) bond motifs is 1. The Morgan fingerprint density at radius 2 is 2.25 bits per heavy atom. The zero-order chi connectivity index (χ0) is 11.2. The maximum absolute atomic E-state index is 12.2. The van der Waals surface area contributed by atoms with Gasteiger partial charge >= 0.3 is 0 Å². The van der Waals surface area contributed by atoms with Gasteiger partial charge in [0.2, 0.25) is 5.91 Å². The van der Waals surface area contributed by atoms with Crippen LogP contribution in [0.2, 0.25) is 0 Å². The fourth-order valence-electron chi connectivity index (χ4n) is 2.44. The minimum atomic E-state index is -0.187. The number of aryl methyl sites for hydroxylation is 1. The molecule has 0 saturated heterocycles. The van der Waals surface area contributed by atoms with Gasteiger partial charge in [-0.25, -0.2) is 4.98 Å². The molecule has 4 nitrogen and oxygen atoms in total. The van der Waals surface area contributed by atoms with Crippen molar-refractivity contribution in [3.63, 3.8) is 0 Å². The SMILES string of the molecule is Cc1ccnc2c1NC(=O)C1(CCC1)CN2. The van der Waals surface area contributed by atoms with Crippen LogP contribution < -0.4 is 10.6 Å². The van der Waals surface area contributed by atoms with Gasteiger partial charge in [0.05, 0.1) is 11.1 Å². The van der Waals surface area contributed by atoms with Crippen molar-refractivity contribution in [1.82, 2.24) is 4.98 Å². The van der Waals surface area contributed by atoms with Crippen molar-refractivity contribution in [3.05, 3.63) is 17.8 Å². The molecule has 1 fully saturated rings. The summed E-state index contributed by atoms with van der Waals surface area (Å²) in [7, 11) is 0. The minimum Gasteiger partial charge on any atom is -0.367 e. The summed E-state index contributed by atoms with van der Waals surface area (Å²) in [5, 5.41) is 6.31. The summed E-state index contributed by atoms with van der Waals surface area (Å²) in [5.41, 5.74) is 1.71. The third-order valence-electron chi connectivity index (χ3n) is 3.78. The molecule has 1 aromatic heterocycles. The summed E-state index contributed by atoms with van der Waals surface area (Å²) in [4.78, 5) is 16.4. The number of pyridine rings is 1. The van der Waals surface area contributed by atoms with Gasteiger partial charge in [0, 0.05) is 12.7 Å². The molecule has 2 heterocycles. The molecule has 0 bridgehead atoms. The predicted octanol–water partition coefficient (Wildman–Crippen LogP) is 1.92. The molecular formula is C12H15N3O. The largest absolute Gasteiger partial charge is 0.367 e. The van der Waals surface area contributed by atoms with E-state index in [4.69, 9.17) is 0 Å². The summed E-state index contributed by atoms with van der Waals surface area (Å²) < 4.78 is 0. The average Bonchev–Trinajstić information content (AvgIpc) is 2.35. The van der Waals surface area contributed by atoms with Gasteiger partial charge < -0.3 is 10.6 Å². The van der Waals surface area contributed by atoms with Crippen LogP contribution in [0.3, 0.4) is 0 Å². The third kappa shape index (κ3) is 1.22. The molecule has 0 radical (unpaired) electrons. The Bertz CT molecular complexity index is 452. The lowest BCUT2D eigenvalue weighted by atomic mass is 9.68. The minimum absolute atomic E-state index is 0.154. The third-order valence-corrected chi connectivity index (χ3v) is 3.78. The molecule has 1 aliphatic carbocycles. The van der Waals surface area contributed by atoms with Gasteiger partial charge in [-0.05, 0) is 31.4 Å². The summed E-state index contributed by atoms with van der Waals surface area (Å²) in [6.07, 6.45) is 4.89. The van der Waals surface area contributed by atoms with Crippen LogP contribution in [0.4, 0.5) is 11.5 Å². The van der Waals surface area contributed by atoms with Crippen molar-refractivity contribution in [3.8, 4) is 0 Å². The normalized spacial score (nSPS) is 21.4. The Morgan fingerprint density at radius 3 is 2.94 bits per heavy atom. The van der Waals surface area contributed by atoms with Crippen LogP contribution in [0.5, 0.6) is 0 Å². The van der Waals surface area contributed by atoms with E-state index in [0.29, 0.717) is 6.54 Å². The fraction of sp³-hybridized carbons (Fsp3) is 0.500. The summed E-state index contributed by atoms with van der Waals surface area (Å²) >= 11 is 0. The lowest BCUT2D eigenvalue weighted by Crippen LogP contribution is -2.45.